The molecule has 0 fully saturated rings. The number of likely N-dealkylation sites (N-methyl/N-ethyl adjacent to an activating group) is 1. The highest BCUT2D eigenvalue weighted by Gasteiger charge is 2.24. The Labute approximate surface area is 129 Å². The van der Waals surface area contributed by atoms with E-state index in [0.717, 1.165) is 0 Å². The maximum Gasteiger partial charge on any atom is 0.326 e. The SMILES string of the molecule is CC(C(=O)O)N(C)C(=O)c1cc(N(C)C)nc2ccccc12. The van der Waals surface area contributed by atoms with Crippen LogP contribution in [0, 0.1) is 0 Å². The van der Waals surface area contributed by atoms with Gasteiger partial charge in [-0.2, -0.15) is 0 Å². The van der Waals surface area contributed by atoms with E-state index in [1.54, 1.807) is 6.07 Å². The molecule has 1 N–H and O–H groups in total. The van der Waals surface area contributed by atoms with Gasteiger partial charge in [-0.05, 0) is 19.1 Å². The molecular formula is C16H19N3O3. The molecule has 0 bridgehead atoms. The van der Waals surface area contributed by atoms with Gasteiger partial charge in [-0.15, -0.1) is 0 Å². The molecule has 2 rings (SSSR count). The van der Waals surface area contributed by atoms with Crippen LogP contribution in [0.4, 0.5) is 5.82 Å². The highest BCUT2D eigenvalue weighted by atomic mass is 16.4. The van der Waals surface area contributed by atoms with Crippen LogP contribution < -0.4 is 4.90 Å². The average Bonchev–Trinajstić information content (AvgIpc) is 2.51. The summed E-state index contributed by atoms with van der Waals surface area (Å²) in [6, 6.07) is 8.12. The number of carbonyl (C=O) groups excluding carboxylic acids is 1. The molecule has 0 aliphatic carbocycles. The standard InChI is InChI=1S/C16H19N3O3/c1-10(16(21)22)19(4)15(20)12-9-14(18(2)3)17-13-8-6-5-7-11(12)13/h5-10H,1-4H3,(H,21,22). The molecule has 116 valence electrons. The monoisotopic (exact) mass is 301 g/mol. The summed E-state index contributed by atoms with van der Waals surface area (Å²) >= 11 is 0. The van der Waals surface area contributed by atoms with Crippen LogP contribution in [0.25, 0.3) is 10.9 Å². The molecule has 1 aromatic heterocycles. The Bertz CT molecular complexity index is 728. The molecule has 1 aromatic carbocycles. The van der Waals surface area contributed by atoms with Crippen molar-refractivity contribution in [3.05, 3.63) is 35.9 Å². The predicted octanol–water partition coefficient (Wildman–Crippen LogP) is 1.85. The van der Waals surface area contributed by atoms with Crippen LogP contribution in [0.3, 0.4) is 0 Å². The second kappa shape index (κ2) is 6.01. The van der Waals surface area contributed by atoms with E-state index in [1.807, 2.05) is 43.3 Å². The summed E-state index contributed by atoms with van der Waals surface area (Å²) < 4.78 is 0. The van der Waals surface area contributed by atoms with Gasteiger partial charge >= 0.3 is 5.97 Å². The molecule has 1 atom stereocenters. The first-order valence-corrected chi connectivity index (χ1v) is 6.90. The zero-order valence-corrected chi connectivity index (χ0v) is 13.1. The minimum absolute atomic E-state index is 0.336. The molecule has 6 heteroatoms. The van der Waals surface area contributed by atoms with Gasteiger partial charge in [-0.25, -0.2) is 9.78 Å². The maximum atomic E-state index is 12.7. The van der Waals surface area contributed by atoms with Gasteiger partial charge in [0.05, 0.1) is 11.1 Å². The number of benzene rings is 1. The molecule has 1 unspecified atom stereocenters. The molecule has 0 aliphatic rings. The molecule has 0 saturated heterocycles. The van der Waals surface area contributed by atoms with Crippen LogP contribution in [0.15, 0.2) is 30.3 Å². The van der Waals surface area contributed by atoms with Gasteiger partial charge in [-0.3, -0.25) is 4.79 Å². The largest absolute Gasteiger partial charge is 0.480 e. The molecule has 0 radical (unpaired) electrons. The number of fused-ring (bicyclic) bond motifs is 1. The summed E-state index contributed by atoms with van der Waals surface area (Å²) in [6.07, 6.45) is 0. The van der Waals surface area contributed by atoms with Gasteiger partial charge in [0, 0.05) is 26.5 Å². The normalized spacial score (nSPS) is 12.0. The first-order chi connectivity index (χ1) is 10.3. The number of nitrogens with zero attached hydrogens (tertiary/aromatic N) is 3. The fourth-order valence-electron chi connectivity index (χ4n) is 2.10. The lowest BCUT2D eigenvalue weighted by atomic mass is 10.1. The summed E-state index contributed by atoms with van der Waals surface area (Å²) in [6.45, 7) is 1.48. The Morgan fingerprint density at radius 1 is 1.18 bits per heavy atom. The van der Waals surface area contributed by atoms with Crippen LogP contribution in [0.5, 0.6) is 0 Å². The molecule has 0 saturated carbocycles. The number of carbonyl (C=O) groups is 2. The number of rotatable bonds is 4. The third kappa shape index (κ3) is 2.86. The van der Waals surface area contributed by atoms with Crippen LogP contribution in [-0.4, -0.2) is 54.1 Å². The number of hydrogen-bond donors (Lipinski definition) is 1. The van der Waals surface area contributed by atoms with Crippen LogP contribution in [0.2, 0.25) is 0 Å². The molecule has 0 aliphatic heterocycles. The Hall–Kier alpha value is -2.63. The third-order valence-corrected chi connectivity index (χ3v) is 3.65. The molecular weight excluding hydrogens is 282 g/mol. The van der Waals surface area contributed by atoms with Crippen molar-refractivity contribution < 1.29 is 14.7 Å². The smallest absolute Gasteiger partial charge is 0.326 e. The second-order valence-electron chi connectivity index (χ2n) is 5.37. The maximum absolute atomic E-state index is 12.7. The number of hydrogen-bond acceptors (Lipinski definition) is 4. The topological polar surface area (TPSA) is 73.7 Å². The highest BCUT2D eigenvalue weighted by Crippen LogP contribution is 2.23. The zero-order chi connectivity index (χ0) is 16.4. The summed E-state index contributed by atoms with van der Waals surface area (Å²) in [7, 11) is 5.18. The number of carboxylic acids is 1. The van der Waals surface area contributed by atoms with Crippen molar-refractivity contribution in [1.82, 2.24) is 9.88 Å². The van der Waals surface area contributed by atoms with E-state index in [-0.39, 0.29) is 5.91 Å². The van der Waals surface area contributed by atoms with Crippen LogP contribution in [-0.2, 0) is 4.79 Å². The van der Waals surface area contributed by atoms with E-state index in [9.17, 15) is 9.59 Å². The summed E-state index contributed by atoms with van der Waals surface area (Å²) in [5.41, 5.74) is 1.15. The predicted molar refractivity (Wildman–Crippen MR) is 85.3 cm³/mol. The fraction of sp³-hybridized carbons (Fsp3) is 0.312. The minimum Gasteiger partial charge on any atom is -0.480 e. The van der Waals surface area contributed by atoms with E-state index in [1.165, 1.54) is 18.9 Å². The lowest BCUT2D eigenvalue weighted by Crippen LogP contribution is -2.40. The molecule has 6 nitrogen and oxygen atoms in total. The Balaban J connectivity index is 2.58. The number of carboxylic acid groups (broad SMARTS) is 1. The average molecular weight is 301 g/mol. The third-order valence-electron chi connectivity index (χ3n) is 3.65. The van der Waals surface area contributed by atoms with Gasteiger partial charge in [-0.1, -0.05) is 18.2 Å². The van der Waals surface area contributed by atoms with Crippen molar-refractivity contribution in [2.45, 2.75) is 13.0 Å². The number of aromatic nitrogens is 1. The van der Waals surface area contributed by atoms with E-state index >= 15 is 0 Å². The van der Waals surface area contributed by atoms with E-state index in [0.29, 0.717) is 22.3 Å². The van der Waals surface area contributed by atoms with Crippen molar-refractivity contribution in [2.75, 3.05) is 26.0 Å². The molecule has 22 heavy (non-hydrogen) atoms. The summed E-state index contributed by atoms with van der Waals surface area (Å²) in [5, 5.41) is 9.80. The van der Waals surface area contributed by atoms with Crippen molar-refractivity contribution in [2.24, 2.45) is 0 Å². The fourth-order valence-corrected chi connectivity index (χ4v) is 2.10. The molecule has 1 amide bonds. The van der Waals surface area contributed by atoms with Gasteiger partial charge in [0.15, 0.2) is 0 Å². The Morgan fingerprint density at radius 3 is 2.41 bits per heavy atom. The lowest BCUT2D eigenvalue weighted by Gasteiger charge is -2.23. The van der Waals surface area contributed by atoms with Crippen molar-refractivity contribution >= 4 is 28.6 Å². The van der Waals surface area contributed by atoms with Gasteiger partial charge < -0.3 is 14.9 Å². The van der Waals surface area contributed by atoms with E-state index < -0.39 is 12.0 Å². The zero-order valence-electron chi connectivity index (χ0n) is 13.1. The number of amides is 1. The van der Waals surface area contributed by atoms with Gasteiger partial charge in [0.25, 0.3) is 5.91 Å². The van der Waals surface area contributed by atoms with Gasteiger partial charge in [0.1, 0.15) is 11.9 Å². The minimum atomic E-state index is -1.04. The molecule has 1 heterocycles. The first-order valence-electron chi connectivity index (χ1n) is 6.90. The number of aliphatic carboxylic acids is 1. The van der Waals surface area contributed by atoms with E-state index in [4.69, 9.17) is 5.11 Å². The second-order valence-corrected chi connectivity index (χ2v) is 5.37. The first kappa shape index (κ1) is 15.8. The van der Waals surface area contributed by atoms with Crippen molar-refractivity contribution in [3.63, 3.8) is 0 Å². The Kier molecular flexibility index (Phi) is 4.30. The lowest BCUT2D eigenvalue weighted by molar-refractivity contribution is -0.141. The summed E-state index contributed by atoms with van der Waals surface area (Å²) in [4.78, 5) is 31.3. The van der Waals surface area contributed by atoms with Gasteiger partial charge in [0.2, 0.25) is 0 Å². The van der Waals surface area contributed by atoms with E-state index in [2.05, 4.69) is 4.98 Å². The van der Waals surface area contributed by atoms with Crippen molar-refractivity contribution in [1.29, 1.82) is 0 Å². The van der Waals surface area contributed by atoms with Crippen LogP contribution >= 0.6 is 0 Å². The number of para-hydroxylation sites is 1. The highest BCUT2D eigenvalue weighted by molar-refractivity contribution is 6.07. The quantitative estimate of drug-likeness (QED) is 0.933. The molecule has 2 aromatic rings. The number of anilines is 1. The molecule has 0 spiro atoms. The summed E-state index contributed by atoms with van der Waals surface area (Å²) in [5.74, 6) is -0.725. The van der Waals surface area contributed by atoms with Crippen LogP contribution in [0.1, 0.15) is 17.3 Å². The number of pyridine rings is 1. The Morgan fingerprint density at radius 2 is 1.82 bits per heavy atom. The van der Waals surface area contributed by atoms with Crippen molar-refractivity contribution in [3.8, 4) is 0 Å².